The SMILES string of the molecule is FCCCCCCc1ccc(N2CC[N]CC2)cc1. The Labute approximate surface area is 116 Å². The Kier molecular flexibility index (Phi) is 6.15. The third-order valence-electron chi connectivity index (χ3n) is 3.71. The fraction of sp³-hybridized carbons (Fsp3) is 0.625. The number of benzene rings is 1. The Morgan fingerprint density at radius 3 is 2.32 bits per heavy atom. The highest BCUT2D eigenvalue weighted by molar-refractivity contribution is 5.48. The third kappa shape index (κ3) is 4.83. The summed E-state index contributed by atoms with van der Waals surface area (Å²) in [6.45, 7) is 3.83. The molecular weight excluding hydrogens is 239 g/mol. The highest BCUT2D eigenvalue weighted by Crippen LogP contribution is 2.17. The Hall–Kier alpha value is -1.09. The number of alkyl halides is 1. The van der Waals surface area contributed by atoms with E-state index >= 15 is 0 Å². The Morgan fingerprint density at radius 1 is 0.947 bits per heavy atom. The van der Waals surface area contributed by atoms with Crippen molar-refractivity contribution in [3.8, 4) is 0 Å². The number of unbranched alkanes of at least 4 members (excludes halogenated alkanes) is 3. The number of anilines is 1. The van der Waals surface area contributed by atoms with Crippen LogP contribution in [0, 0.1) is 0 Å². The molecule has 1 aliphatic heterocycles. The third-order valence-corrected chi connectivity index (χ3v) is 3.71. The summed E-state index contributed by atoms with van der Waals surface area (Å²) in [7, 11) is 0. The predicted octanol–water partition coefficient (Wildman–Crippen LogP) is 3.18. The van der Waals surface area contributed by atoms with E-state index < -0.39 is 0 Å². The Morgan fingerprint density at radius 2 is 1.63 bits per heavy atom. The van der Waals surface area contributed by atoms with E-state index in [-0.39, 0.29) is 6.67 Å². The van der Waals surface area contributed by atoms with Crippen LogP contribution in [0.2, 0.25) is 0 Å². The number of hydrogen-bond donors (Lipinski definition) is 0. The van der Waals surface area contributed by atoms with Crippen LogP contribution in [0.5, 0.6) is 0 Å². The van der Waals surface area contributed by atoms with Crippen molar-refractivity contribution in [1.29, 1.82) is 0 Å². The second kappa shape index (κ2) is 8.16. The van der Waals surface area contributed by atoms with Crippen molar-refractivity contribution in [2.45, 2.75) is 32.1 Å². The minimum Gasteiger partial charge on any atom is -0.369 e. The predicted molar refractivity (Wildman–Crippen MR) is 78.7 cm³/mol. The molecule has 0 saturated carbocycles. The van der Waals surface area contributed by atoms with E-state index in [1.165, 1.54) is 17.7 Å². The van der Waals surface area contributed by atoms with Crippen LogP contribution in [0.3, 0.4) is 0 Å². The summed E-state index contributed by atoms with van der Waals surface area (Å²) in [6, 6.07) is 8.91. The Bertz CT molecular complexity index is 344. The molecular formula is C16H24FN2. The minimum absolute atomic E-state index is 0.170. The maximum absolute atomic E-state index is 12.0. The summed E-state index contributed by atoms with van der Waals surface area (Å²) >= 11 is 0. The van der Waals surface area contributed by atoms with Gasteiger partial charge in [-0.05, 0) is 37.0 Å². The van der Waals surface area contributed by atoms with Gasteiger partial charge in [-0.2, -0.15) is 0 Å². The van der Waals surface area contributed by atoms with E-state index in [9.17, 15) is 4.39 Å². The summed E-state index contributed by atoms with van der Waals surface area (Å²) in [6.07, 6.45) is 5.16. The van der Waals surface area contributed by atoms with Gasteiger partial charge in [0.05, 0.1) is 6.67 Å². The molecule has 0 spiro atoms. The second-order valence-corrected chi connectivity index (χ2v) is 5.18. The van der Waals surface area contributed by atoms with Crippen LogP contribution in [0.25, 0.3) is 0 Å². The van der Waals surface area contributed by atoms with E-state index in [0.29, 0.717) is 0 Å². The van der Waals surface area contributed by atoms with Gasteiger partial charge in [-0.3, -0.25) is 4.39 Å². The summed E-state index contributed by atoms with van der Waals surface area (Å²) < 4.78 is 12.0. The van der Waals surface area contributed by atoms with E-state index in [1.807, 2.05) is 0 Å². The van der Waals surface area contributed by atoms with Crippen LogP contribution < -0.4 is 10.2 Å². The Balaban J connectivity index is 1.74. The van der Waals surface area contributed by atoms with Crippen molar-refractivity contribution < 1.29 is 4.39 Å². The maximum Gasteiger partial charge on any atom is 0.0894 e. The van der Waals surface area contributed by atoms with Crippen LogP contribution in [-0.2, 0) is 6.42 Å². The molecule has 1 radical (unpaired) electrons. The maximum atomic E-state index is 12.0. The molecule has 2 nitrogen and oxygen atoms in total. The van der Waals surface area contributed by atoms with Crippen LogP contribution in [0.1, 0.15) is 31.2 Å². The lowest BCUT2D eigenvalue weighted by molar-refractivity contribution is 0.453. The quantitative estimate of drug-likeness (QED) is 0.691. The number of piperazine rings is 1. The average molecular weight is 263 g/mol. The zero-order valence-corrected chi connectivity index (χ0v) is 11.7. The number of aryl methyl sites for hydroxylation is 1. The van der Waals surface area contributed by atoms with Crippen LogP contribution >= 0.6 is 0 Å². The molecule has 1 heterocycles. The molecule has 0 atom stereocenters. The van der Waals surface area contributed by atoms with E-state index in [4.69, 9.17) is 0 Å². The lowest BCUT2D eigenvalue weighted by atomic mass is 10.1. The van der Waals surface area contributed by atoms with Gasteiger partial charge >= 0.3 is 0 Å². The van der Waals surface area contributed by atoms with Crippen molar-refractivity contribution in [2.24, 2.45) is 0 Å². The van der Waals surface area contributed by atoms with Crippen LogP contribution in [0.15, 0.2) is 24.3 Å². The van der Waals surface area contributed by atoms with Gasteiger partial charge in [0.1, 0.15) is 0 Å². The standard InChI is InChI=1S/C16H24FN2/c17-10-4-2-1-3-5-15-6-8-16(9-7-15)19-13-11-18-12-14-19/h6-9H,1-5,10-14H2. The summed E-state index contributed by atoms with van der Waals surface area (Å²) in [5.74, 6) is 0. The van der Waals surface area contributed by atoms with Gasteiger partial charge in [-0.25, -0.2) is 5.32 Å². The molecule has 2 rings (SSSR count). The van der Waals surface area contributed by atoms with E-state index in [2.05, 4.69) is 34.5 Å². The van der Waals surface area contributed by atoms with Gasteiger partial charge in [-0.1, -0.05) is 25.0 Å². The van der Waals surface area contributed by atoms with Gasteiger partial charge in [0.2, 0.25) is 0 Å². The number of halogens is 1. The highest BCUT2D eigenvalue weighted by Gasteiger charge is 2.10. The van der Waals surface area contributed by atoms with Crippen LogP contribution in [0.4, 0.5) is 10.1 Å². The molecule has 0 aliphatic carbocycles. The van der Waals surface area contributed by atoms with Crippen molar-refractivity contribution in [1.82, 2.24) is 5.32 Å². The van der Waals surface area contributed by atoms with Crippen molar-refractivity contribution >= 4 is 5.69 Å². The van der Waals surface area contributed by atoms with Gasteiger partial charge in [0, 0.05) is 31.9 Å². The van der Waals surface area contributed by atoms with Crippen molar-refractivity contribution in [3.63, 3.8) is 0 Å². The molecule has 0 amide bonds. The molecule has 1 aromatic rings. The minimum atomic E-state index is -0.170. The lowest BCUT2D eigenvalue weighted by Gasteiger charge is -2.28. The van der Waals surface area contributed by atoms with Crippen molar-refractivity contribution in [2.75, 3.05) is 37.8 Å². The zero-order chi connectivity index (χ0) is 13.3. The summed E-state index contributed by atoms with van der Waals surface area (Å²) in [5.41, 5.74) is 2.71. The van der Waals surface area contributed by atoms with E-state index in [0.717, 1.165) is 51.9 Å². The first kappa shape index (κ1) is 14.3. The second-order valence-electron chi connectivity index (χ2n) is 5.18. The molecule has 105 valence electrons. The average Bonchev–Trinajstić information content (AvgIpc) is 2.49. The number of nitrogens with zero attached hydrogens (tertiary/aromatic N) is 2. The summed E-state index contributed by atoms with van der Waals surface area (Å²) in [5, 5.41) is 4.37. The zero-order valence-electron chi connectivity index (χ0n) is 11.7. The molecule has 1 aliphatic rings. The number of rotatable bonds is 7. The normalized spacial score (nSPS) is 15.7. The molecule has 0 aromatic heterocycles. The van der Waals surface area contributed by atoms with Gasteiger partial charge in [0.25, 0.3) is 0 Å². The van der Waals surface area contributed by atoms with Crippen LogP contribution in [-0.4, -0.2) is 32.9 Å². The fourth-order valence-corrected chi connectivity index (χ4v) is 2.52. The molecule has 1 saturated heterocycles. The van der Waals surface area contributed by atoms with Gasteiger partial charge < -0.3 is 4.90 Å². The van der Waals surface area contributed by atoms with Gasteiger partial charge in [-0.15, -0.1) is 0 Å². The molecule has 0 unspecified atom stereocenters. The number of hydrogen-bond acceptors (Lipinski definition) is 1. The first-order valence-electron chi connectivity index (χ1n) is 7.43. The largest absolute Gasteiger partial charge is 0.369 e. The molecule has 1 aromatic carbocycles. The molecule has 0 bridgehead atoms. The van der Waals surface area contributed by atoms with Crippen molar-refractivity contribution in [3.05, 3.63) is 29.8 Å². The first-order chi connectivity index (χ1) is 9.40. The fourth-order valence-electron chi connectivity index (χ4n) is 2.52. The molecule has 19 heavy (non-hydrogen) atoms. The summed E-state index contributed by atoms with van der Waals surface area (Å²) in [4.78, 5) is 2.40. The molecule has 0 N–H and O–H groups in total. The van der Waals surface area contributed by atoms with E-state index in [1.54, 1.807) is 0 Å². The van der Waals surface area contributed by atoms with Gasteiger partial charge in [0.15, 0.2) is 0 Å². The highest BCUT2D eigenvalue weighted by atomic mass is 19.1. The molecule has 3 heteroatoms. The monoisotopic (exact) mass is 263 g/mol. The smallest absolute Gasteiger partial charge is 0.0894 e. The topological polar surface area (TPSA) is 17.3 Å². The first-order valence-corrected chi connectivity index (χ1v) is 7.43. The lowest BCUT2D eigenvalue weighted by Crippen LogP contribution is -2.40. The molecule has 1 fully saturated rings.